The molecule has 1 amide bonds. The highest BCUT2D eigenvalue weighted by Crippen LogP contribution is 2.42. The van der Waals surface area contributed by atoms with Crippen LogP contribution in [0.2, 0.25) is 0 Å². The molecule has 2 fully saturated rings. The second-order valence-electron chi connectivity index (χ2n) is 8.94. The summed E-state index contributed by atoms with van der Waals surface area (Å²) in [6.45, 7) is 9.16. The summed E-state index contributed by atoms with van der Waals surface area (Å²) in [5.41, 5.74) is 0. The molecule has 2 aliphatic heterocycles. The van der Waals surface area contributed by atoms with E-state index in [-0.39, 0.29) is 11.9 Å². The van der Waals surface area contributed by atoms with Crippen molar-refractivity contribution in [3.63, 3.8) is 0 Å². The van der Waals surface area contributed by atoms with E-state index in [0.29, 0.717) is 24.0 Å². The van der Waals surface area contributed by atoms with Gasteiger partial charge in [-0.1, -0.05) is 19.9 Å². The van der Waals surface area contributed by atoms with E-state index in [0.717, 1.165) is 24.6 Å². The molecular weight excluding hydrogens is 382 g/mol. The zero-order valence-electron chi connectivity index (χ0n) is 18.0. The number of nitrogens with zero attached hydrogens (tertiary/aromatic N) is 4. The molecule has 0 aromatic carbocycles. The lowest BCUT2D eigenvalue weighted by molar-refractivity contribution is -0.119. The first kappa shape index (κ1) is 20.5. The van der Waals surface area contributed by atoms with Crippen LogP contribution in [0.1, 0.15) is 87.4 Å². The Morgan fingerprint density at radius 1 is 1.24 bits per heavy atom. The summed E-state index contributed by atoms with van der Waals surface area (Å²) in [4.78, 5) is 15.7. The number of aryl methyl sites for hydroxylation is 1. The molecule has 7 heteroatoms. The molecule has 0 spiro atoms. The molecule has 6 nitrogen and oxygen atoms in total. The average Bonchev–Trinajstić information content (AvgIpc) is 3.37. The molecule has 2 saturated heterocycles. The maximum Gasteiger partial charge on any atom is 0.217 e. The molecule has 0 radical (unpaired) electrons. The highest BCUT2D eigenvalue weighted by molar-refractivity contribution is 7.10. The van der Waals surface area contributed by atoms with E-state index in [9.17, 15) is 4.79 Å². The number of carbonyl (C=O) groups is 1. The molecule has 4 rings (SSSR count). The Hall–Kier alpha value is -1.73. The van der Waals surface area contributed by atoms with Crippen LogP contribution in [-0.4, -0.2) is 44.2 Å². The number of thiophene rings is 1. The van der Waals surface area contributed by atoms with Gasteiger partial charge in [0.15, 0.2) is 0 Å². The number of rotatable bonds is 7. The smallest absolute Gasteiger partial charge is 0.217 e. The normalized spacial score (nSPS) is 25.5. The molecule has 2 aromatic rings. The SMILES string of the molecule is CC(=O)N[C@@H](CCN1[C@H]2CC[C@H]1CC(n1c(C)nnc1C(C)C)C2)c1cccs1. The predicted octanol–water partition coefficient (Wildman–Crippen LogP) is 4.21. The first-order chi connectivity index (χ1) is 13.9. The summed E-state index contributed by atoms with van der Waals surface area (Å²) in [6.07, 6.45) is 5.89. The second-order valence-corrected chi connectivity index (χ2v) is 9.91. The summed E-state index contributed by atoms with van der Waals surface area (Å²) >= 11 is 1.73. The van der Waals surface area contributed by atoms with Gasteiger partial charge in [-0.05, 0) is 50.5 Å². The highest BCUT2D eigenvalue weighted by atomic mass is 32.1. The van der Waals surface area contributed by atoms with Crippen LogP contribution in [0.25, 0.3) is 0 Å². The lowest BCUT2D eigenvalue weighted by Gasteiger charge is -2.40. The zero-order valence-corrected chi connectivity index (χ0v) is 18.8. The number of fused-ring (bicyclic) bond motifs is 2. The topological polar surface area (TPSA) is 63.1 Å². The van der Waals surface area contributed by atoms with Crippen molar-refractivity contribution in [2.45, 2.75) is 89.9 Å². The summed E-state index contributed by atoms with van der Waals surface area (Å²) in [7, 11) is 0. The lowest BCUT2D eigenvalue weighted by Crippen LogP contribution is -2.45. The quantitative estimate of drug-likeness (QED) is 0.736. The van der Waals surface area contributed by atoms with Crippen LogP contribution in [-0.2, 0) is 4.79 Å². The molecule has 2 aromatic heterocycles. The fourth-order valence-electron chi connectivity index (χ4n) is 5.35. The van der Waals surface area contributed by atoms with Gasteiger partial charge < -0.3 is 9.88 Å². The van der Waals surface area contributed by atoms with Gasteiger partial charge in [-0.2, -0.15) is 0 Å². The monoisotopic (exact) mass is 415 g/mol. The van der Waals surface area contributed by atoms with Crippen molar-refractivity contribution in [1.82, 2.24) is 25.0 Å². The van der Waals surface area contributed by atoms with Crippen LogP contribution in [0.3, 0.4) is 0 Å². The Morgan fingerprint density at radius 3 is 2.55 bits per heavy atom. The molecule has 0 saturated carbocycles. The molecule has 29 heavy (non-hydrogen) atoms. The van der Waals surface area contributed by atoms with Gasteiger partial charge in [0, 0.05) is 42.4 Å². The molecule has 3 atom stereocenters. The number of piperidine rings is 1. The van der Waals surface area contributed by atoms with Gasteiger partial charge in [0.25, 0.3) is 0 Å². The number of hydrogen-bond donors (Lipinski definition) is 1. The average molecular weight is 416 g/mol. The first-order valence-corrected chi connectivity index (χ1v) is 11.8. The summed E-state index contributed by atoms with van der Waals surface area (Å²) in [5, 5.41) is 14.1. The highest BCUT2D eigenvalue weighted by Gasteiger charge is 2.42. The van der Waals surface area contributed by atoms with Gasteiger partial charge in [0.1, 0.15) is 11.6 Å². The van der Waals surface area contributed by atoms with Crippen LogP contribution < -0.4 is 5.32 Å². The van der Waals surface area contributed by atoms with E-state index in [2.05, 4.69) is 63.3 Å². The third-order valence-electron chi connectivity index (χ3n) is 6.57. The molecule has 2 bridgehead atoms. The number of aromatic nitrogens is 3. The van der Waals surface area contributed by atoms with Gasteiger partial charge in [-0.25, -0.2) is 0 Å². The maximum absolute atomic E-state index is 11.7. The van der Waals surface area contributed by atoms with Crippen molar-refractivity contribution in [3.05, 3.63) is 34.0 Å². The van der Waals surface area contributed by atoms with Crippen molar-refractivity contribution in [2.24, 2.45) is 0 Å². The first-order valence-electron chi connectivity index (χ1n) is 10.9. The van der Waals surface area contributed by atoms with E-state index < -0.39 is 0 Å². The van der Waals surface area contributed by atoms with Crippen LogP contribution in [0.15, 0.2) is 17.5 Å². The summed E-state index contributed by atoms with van der Waals surface area (Å²) in [5.74, 6) is 2.63. The minimum atomic E-state index is 0.0503. The molecule has 0 aliphatic carbocycles. The molecule has 0 unspecified atom stereocenters. The van der Waals surface area contributed by atoms with Crippen LogP contribution in [0.5, 0.6) is 0 Å². The van der Waals surface area contributed by atoms with Crippen LogP contribution in [0.4, 0.5) is 0 Å². The summed E-state index contributed by atoms with van der Waals surface area (Å²) in [6, 6.07) is 6.09. The molecule has 158 valence electrons. The van der Waals surface area contributed by atoms with Gasteiger partial charge in [-0.3, -0.25) is 9.69 Å². The maximum atomic E-state index is 11.7. The largest absolute Gasteiger partial charge is 0.349 e. The third-order valence-corrected chi connectivity index (χ3v) is 7.56. The Balaban J connectivity index is 1.43. The number of hydrogen-bond acceptors (Lipinski definition) is 5. The van der Waals surface area contributed by atoms with Crippen LogP contribution >= 0.6 is 11.3 Å². The van der Waals surface area contributed by atoms with E-state index >= 15 is 0 Å². The van der Waals surface area contributed by atoms with Crippen LogP contribution in [0, 0.1) is 6.92 Å². The Morgan fingerprint density at radius 2 is 1.97 bits per heavy atom. The van der Waals surface area contributed by atoms with Crippen molar-refractivity contribution >= 4 is 17.2 Å². The molecular formula is C22H33N5OS. The Bertz CT molecular complexity index is 816. The summed E-state index contributed by atoms with van der Waals surface area (Å²) < 4.78 is 2.42. The number of amides is 1. The van der Waals surface area contributed by atoms with Crippen molar-refractivity contribution in [2.75, 3.05) is 6.54 Å². The van der Waals surface area contributed by atoms with E-state index in [1.807, 2.05) is 0 Å². The van der Waals surface area contributed by atoms with Gasteiger partial charge in [-0.15, -0.1) is 21.5 Å². The van der Waals surface area contributed by atoms with Crippen molar-refractivity contribution < 1.29 is 4.79 Å². The number of nitrogens with one attached hydrogen (secondary N) is 1. The second kappa shape index (κ2) is 8.56. The minimum absolute atomic E-state index is 0.0503. The minimum Gasteiger partial charge on any atom is -0.349 e. The van der Waals surface area contributed by atoms with E-state index in [4.69, 9.17) is 0 Å². The van der Waals surface area contributed by atoms with E-state index in [1.165, 1.54) is 30.6 Å². The zero-order chi connectivity index (χ0) is 20.5. The molecule has 4 heterocycles. The molecule has 2 aliphatic rings. The third kappa shape index (κ3) is 4.26. The van der Waals surface area contributed by atoms with Crippen molar-refractivity contribution in [1.29, 1.82) is 0 Å². The van der Waals surface area contributed by atoms with Gasteiger partial charge >= 0.3 is 0 Å². The van der Waals surface area contributed by atoms with E-state index in [1.54, 1.807) is 18.3 Å². The molecule has 1 N–H and O–H groups in total. The lowest BCUT2D eigenvalue weighted by atomic mass is 9.95. The predicted molar refractivity (Wildman–Crippen MR) is 116 cm³/mol. The standard InChI is InChI=1S/C22H33N5OS/c1-14(2)22-25-24-15(3)27(22)19-12-17-7-8-18(13-19)26(17)10-9-20(23-16(4)28)21-6-5-11-29-21/h5-6,11,14,17-20H,7-10,12-13H2,1-4H3,(H,23,28)/t17-,18-,20-/m0/s1. The number of carbonyl (C=O) groups excluding carboxylic acids is 1. The van der Waals surface area contributed by atoms with Gasteiger partial charge in [0.05, 0.1) is 6.04 Å². The fraction of sp³-hybridized carbons (Fsp3) is 0.682. The van der Waals surface area contributed by atoms with Crippen molar-refractivity contribution in [3.8, 4) is 0 Å². The Kier molecular flexibility index (Phi) is 6.06. The Labute approximate surface area is 177 Å². The fourth-order valence-corrected chi connectivity index (χ4v) is 6.16. The van der Waals surface area contributed by atoms with Gasteiger partial charge in [0.2, 0.25) is 5.91 Å².